The minimum absolute atomic E-state index is 0.352. The number of ether oxygens (including phenoxy) is 1. The standard InChI is InChI=1S/C25H23NO4S/c1-30-25(27)20-12-13-23-19(16-20)11-10-18-7-3-4-9-22(18)24(23)15-17-6-5-8-21(14-17)26-31(2,28)29/h3-9,12-16,26H,10-11H2,1-2H3/b24-15+. The molecule has 0 aliphatic heterocycles. The molecule has 6 heteroatoms. The van der Waals surface area contributed by atoms with E-state index < -0.39 is 10.0 Å². The van der Waals surface area contributed by atoms with Crippen LogP contribution in [0.15, 0.2) is 66.7 Å². The summed E-state index contributed by atoms with van der Waals surface area (Å²) in [6, 6.07) is 21.2. The average Bonchev–Trinajstić information content (AvgIpc) is 2.89. The summed E-state index contributed by atoms with van der Waals surface area (Å²) in [7, 11) is -1.98. The number of methoxy groups -OCH3 is 1. The van der Waals surface area contributed by atoms with Crippen molar-refractivity contribution in [3.05, 3.63) is 100 Å². The first-order valence-electron chi connectivity index (χ1n) is 9.93. The van der Waals surface area contributed by atoms with Gasteiger partial charge in [-0.1, -0.05) is 42.5 Å². The van der Waals surface area contributed by atoms with Crippen LogP contribution in [0.25, 0.3) is 11.6 Å². The highest BCUT2D eigenvalue weighted by atomic mass is 32.2. The van der Waals surface area contributed by atoms with Gasteiger partial charge in [-0.15, -0.1) is 0 Å². The van der Waals surface area contributed by atoms with Crippen molar-refractivity contribution in [2.24, 2.45) is 0 Å². The molecule has 0 unspecified atom stereocenters. The van der Waals surface area contributed by atoms with Crippen LogP contribution in [0.4, 0.5) is 5.69 Å². The molecule has 1 aliphatic carbocycles. The molecule has 158 valence electrons. The van der Waals surface area contributed by atoms with Crippen LogP contribution in [0.1, 0.15) is 38.2 Å². The molecule has 31 heavy (non-hydrogen) atoms. The van der Waals surface area contributed by atoms with Gasteiger partial charge in [-0.3, -0.25) is 4.72 Å². The number of carbonyl (C=O) groups excluding carboxylic acids is 1. The molecule has 0 atom stereocenters. The third-order valence-electron chi connectivity index (χ3n) is 5.29. The Bertz CT molecular complexity index is 1290. The molecule has 0 fully saturated rings. The Kier molecular flexibility index (Phi) is 5.65. The van der Waals surface area contributed by atoms with Crippen LogP contribution in [0.3, 0.4) is 0 Å². The van der Waals surface area contributed by atoms with Crippen molar-refractivity contribution in [3.8, 4) is 0 Å². The summed E-state index contributed by atoms with van der Waals surface area (Å²) in [5.41, 5.74) is 7.46. The Morgan fingerprint density at radius 1 is 0.935 bits per heavy atom. The number of rotatable bonds is 4. The zero-order valence-corrected chi connectivity index (χ0v) is 18.2. The zero-order valence-electron chi connectivity index (χ0n) is 17.4. The molecular weight excluding hydrogens is 410 g/mol. The minimum Gasteiger partial charge on any atom is -0.465 e. The number of fused-ring (bicyclic) bond motifs is 2. The SMILES string of the molecule is COC(=O)c1ccc2c(c1)CCc1ccccc1/C2=C\c1cccc(NS(C)(=O)=O)c1. The van der Waals surface area contributed by atoms with E-state index in [1.54, 1.807) is 12.1 Å². The van der Waals surface area contributed by atoms with E-state index in [1.165, 1.54) is 12.7 Å². The van der Waals surface area contributed by atoms with Gasteiger partial charge in [-0.05, 0) is 76.6 Å². The molecule has 0 amide bonds. The van der Waals surface area contributed by atoms with Crippen molar-refractivity contribution >= 4 is 33.3 Å². The highest BCUT2D eigenvalue weighted by Crippen LogP contribution is 2.35. The highest BCUT2D eigenvalue weighted by molar-refractivity contribution is 7.92. The first-order valence-corrected chi connectivity index (χ1v) is 11.8. The van der Waals surface area contributed by atoms with E-state index in [-0.39, 0.29) is 5.97 Å². The molecule has 0 saturated heterocycles. The maximum absolute atomic E-state index is 12.0. The molecule has 3 aromatic rings. The second-order valence-electron chi connectivity index (χ2n) is 7.58. The number of sulfonamides is 1. The molecule has 1 aliphatic rings. The van der Waals surface area contributed by atoms with E-state index in [0.717, 1.165) is 46.9 Å². The van der Waals surface area contributed by atoms with Crippen LogP contribution < -0.4 is 4.72 Å². The van der Waals surface area contributed by atoms with Gasteiger partial charge in [0, 0.05) is 5.69 Å². The van der Waals surface area contributed by atoms with Crippen molar-refractivity contribution in [2.75, 3.05) is 18.1 Å². The van der Waals surface area contributed by atoms with Gasteiger partial charge < -0.3 is 4.74 Å². The lowest BCUT2D eigenvalue weighted by molar-refractivity contribution is 0.0600. The Hall–Kier alpha value is -3.38. The van der Waals surface area contributed by atoms with Gasteiger partial charge in [0.25, 0.3) is 0 Å². The monoisotopic (exact) mass is 433 g/mol. The first-order chi connectivity index (χ1) is 14.8. The van der Waals surface area contributed by atoms with Crippen molar-refractivity contribution in [1.29, 1.82) is 0 Å². The zero-order chi connectivity index (χ0) is 22.0. The lowest BCUT2D eigenvalue weighted by Crippen LogP contribution is -2.09. The van der Waals surface area contributed by atoms with E-state index in [9.17, 15) is 13.2 Å². The summed E-state index contributed by atoms with van der Waals surface area (Å²) in [6.45, 7) is 0. The van der Waals surface area contributed by atoms with Gasteiger partial charge in [0.1, 0.15) is 0 Å². The van der Waals surface area contributed by atoms with E-state index in [4.69, 9.17) is 4.74 Å². The topological polar surface area (TPSA) is 72.5 Å². The molecule has 0 heterocycles. The van der Waals surface area contributed by atoms with Crippen molar-refractivity contribution < 1.29 is 17.9 Å². The predicted octanol–water partition coefficient (Wildman–Crippen LogP) is 4.53. The fourth-order valence-corrected chi connectivity index (χ4v) is 4.51. The number of aryl methyl sites for hydroxylation is 2. The molecule has 0 radical (unpaired) electrons. The molecule has 3 aromatic carbocycles. The Labute approximate surface area is 182 Å². The minimum atomic E-state index is -3.36. The van der Waals surface area contributed by atoms with Gasteiger partial charge in [-0.2, -0.15) is 0 Å². The summed E-state index contributed by atoms with van der Waals surface area (Å²) in [5, 5.41) is 0. The molecule has 0 aromatic heterocycles. The number of hydrogen-bond acceptors (Lipinski definition) is 4. The maximum atomic E-state index is 12.0. The fourth-order valence-electron chi connectivity index (χ4n) is 3.95. The normalized spacial score (nSPS) is 14.3. The van der Waals surface area contributed by atoms with Crippen LogP contribution in [0.2, 0.25) is 0 Å². The average molecular weight is 434 g/mol. The lowest BCUT2D eigenvalue weighted by atomic mass is 9.91. The number of hydrogen-bond donors (Lipinski definition) is 1. The summed E-state index contributed by atoms with van der Waals surface area (Å²) in [6.07, 6.45) is 4.87. The number of benzene rings is 3. The molecule has 0 bridgehead atoms. The second-order valence-corrected chi connectivity index (χ2v) is 9.33. The predicted molar refractivity (Wildman–Crippen MR) is 124 cm³/mol. The lowest BCUT2D eigenvalue weighted by Gasteiger charge is -2.13. The van der Waals surface area contributed by atoms with Crippen LogP contribution in [0, 0.1) is 0 Å². The molecule has 0 spiro atoms. The van der Waals surface area contributed by atoms with Crippen molar-refractivity contribution in [1.82, 2.24) is 0 Å². The van der Waals surface area contributed by atoms with Gasteiger partial charge in [-0.25, -0.2) is 13.2 Å². The molecule has 4 rings (SSSR count). The van der Waals surface area contributed by atoms with E-state index >= 15 is 0 Å². The molecular formula is C25H23NO4S. The van der Waals surface area contributed by atoms with Crippen LogP contribution in [-0.4, -0.2) is 27.8 Å². The molecule has 5 nitrogen and oxygen atoms in total. The number of carbonyl (C=O) groups is 1. The Morgan fingerprint density at radius 2 is 1.68 bits per heavy atom. The number of esters is 1. The summed E-state index contributed by atoms with van der Waals surface area (Å²) in [4.78, 5) is 12.0. The van der Waals surface area contributed by atoms with Crippen molar-refractivity contribution in [2.45, 2.75) is 12.8 Å². The summed E-state index contributed by atoms with van der Waals surface area (Å²) < 4.78 is 30.7. The van der Waals surface area contributed by atoms with Gasteiger partial charge in [0.05, 0.1) is 18.9 Å². The third-order valence-corrected chi connectivity index (χ3v) is 5.90. The van der Waals surface area contributed by atoms with Gasteiger partial charge in [0.15, 0.2) is 0 Å². The number of nitrogens with one attached hydrogen (secondary N) is 1. The van der Waals surface area contributed by atoms with E-state index in [2.05, 4.69) is 22.9 Å². The molecule has 1 N–H and O–H groups in total. The number of anilines is 1. The third kappa shape index (κ3) is 4.70. The summed E-state index contributed by atoms with van der Waals surface area (Å²) >= 11 is 0. The first kappa shape index (κ1) is 20.9. The largest absolute Gasteiger partial charge is 0.465 e. The summed E-state index contributed by atoms with van der Waals surface area (Å²) in [5.74, 6) is -0.352. The smallest absolute Gasteiger partial charge is 0.337 e. The Morgan fingerprint density at radius 3 is 2.45 bits per heavy atom. The van der Waals surface area contributed by atoms with E-state index in [0.29, 0.717) is 11.3 Å². The maximum Gasteiger partial charge on any atom is 0.337 e. The second kappa shape index (κ2) is 8.40. The van der Waals surface area contributed by atoms with Crippen LogP contribution in [0.5, 0.6) is 0 Å². The highest BCUT2D eigenvalue weighted by Gasteiger charge is 2.20. The Balaban J connectivity index is 1.87. The van der Waals surface area contributed by atoms with Crippen LogP contribution >= 0.6 is 0 Å². The van der Waals surface area contributed by atoms with Crippen molar-refractivity contribution in [3.63, 3.8) is 0 Å². The molecule has 0 saturated carbocycles. The quantitative estimate of drug-likeness (QED) is 0.614. The van der Waals surface area contributed by atoms with Gasteiger partial charge in [0.2, 0.25) is 10.0 Å². The van der Waals surface area contributed by atoms with E-state index in [1.807, 2.05) is 42.5 Å². The van der Waals surface area contributed by atoms with Gasteiger partial charge >= 0.3 is 5.97 Å². The fraction of sp³-hybridized carbons (Fsp3) is 0.160. The van der Waals surface area contributed by atoms with Crippen LogP contribution in [-0.2, 0) is 27.6 Å².